The number of nitrogens with one attached hydrogen (secondary N) is 1. The van der Waals surface area contributed by atoms with Crippen LogP contribution < -0.4 is 5.32 Å². The first-order valence-electron chi connectivity index (χ1n) is 6.35. The van der Waals surface area contributed by atoms with Gasteiger partial charge < -0.3 is 5.32 Å². The summed E-state index contributed by atoms with van der Waals surface area (Å²) in [7, 11) is 0. The Labute approximate surface area is 139 Å². The van der Waals surface area contributed by atoms with E-state index in [1.54, 1.807) is 12.7 Å². The molecule has 0 unspecified atom stereocenters. The first kappa shape index (κ1) is 14.3. The molecule has 0 saturated carbocycles. The Kier molecular flexibility index (Phi) is 4.36. The summed E-state index contributed by atoms with van der Waals surface area (Å²) >= 11 is 6.99. The van der Waals surface area contributed by atoms with Crippen molar-refractivity contribution in [3.8, 4) is 5.69 Å². The Bertz CT molecular complexity index is 741. The Morgan fingerprint density at radius 2 is 1.76 bits per heavy atom. The zero-order chi connectivity index (χ0) is 14.7. The van der Waals surface area contributed by atoms with Crippen LogP contribution in [0.25, 0.3) is 5.69 Å². The van der Waals surface area contributed by atoms with E-state index in [-0.39, 0.29) is 0 Å². The highest BCUT2D eigenvalue weighted by molar-refractivity contribution is 9.13. The zero-order valence-corrected chi connectivity index (χ0v) is 14.2. The number of halogens is 2. The monoisotopic (exact) mass is 406 g/mol. The highest BCUT2D eigenvalue weighted by atomic mass is 79.9. The van der Waals surface area contributed by atoms with Crippen LogP contribution in [-0.4, -0.2) is 14.8 Å². The van der Waals surface area contributed by atoms with Crippen molar-refractivity contribution in [1.29, 1.82) is 0 Å². The highest BCUT2D eigenvalue weighted by Crippen LogP contribution is 2.24. The second-order valence-electron chi connectivity index (χ2n) is 4.52. The summed E-state index contributed by atoms with van der Waals surface area (Å²) in [5, 5.41) is 11.1. The van der Waals surface area contributed by atoms with E-state index >= 15 is 0 Å². The van der Waals surface area contributed by atoms with Crippen LogP contribution in [0.1, 0.15) is 5.56 Å². The summed E-state index contributed by atoms with van der Waals surface area (Å²) < 4.78 is 3.99. The molecule has 0 aliphatic rings. The molecule has 0 fully saturated rings. The Morgan fingerprint density at radius 1 is 0.952 bits per heavy atom. The van der Waals surface area contributed by atoms with E-state index < -0.39 is 0 Å². The molecule has 1 aromatic heterocycles. The molecule has 2 aromatic carbocycles. The Hall–Kier alpha value is -1.66. The number of hydrogen-bond acceptors (Lipinski definition) is 3. The van der Waals surface area contributed by atoms with Crippen LogP contribution in [0.15, 0.2) is 64.1 Å². The molecule has 6 heteroatoms. The van der Waals surface area contributed by atoms with Gasteiger partial charge in [-0.15, -0.1) is 10.2 Å². The number of benzene rings is 2. The van der Waals surface area contributed by atoms with Crippen molar-refractivity contribution in [1.82, 2.24) is 14.8 Å². The quantitative estimate of drug-likeness (QED) is 0.696. The van der Waals surface area contributed by atoms with Crippen LogP contribution in [-0.2, 0) is 6.54 Å². The van der Waals surface area contributed by atoms with Gasteiger partial charge in [-0.2, -0.15) is 0 Å². The Balaban J connectivity index is 1.73. The average Bonchev–Trinajstić information content (AvgIpc) is 3.03. The highest BCUT2D eigenvalue weighted by Gasteiger charge is 2.01. The predicted molar refractivity (Wildman–Crippen MR) is 90.5 cm³/mol. The molecule has 1 heterocycles. The van der Waals surface area contributed by atoms with E-state index in [1.807, 2.05) is 28.8 Å². The van der Waals surface area contributed by atoms with Crippen LogP contribution in [0, 0.1) is 0 Å². The van der Waals surface area contributed by atoms with Crippen LogP contribution in [0.4, 0.5) is 5.69 Å². The average molecular weight is 408 g/mol. The third-order valence-electron chi connectivity index (χ3n) is 3.04. The van der Waals surface area contributed by atoms with Gasteiger partial charge in [0.05, 0.1) is 5.69 Å². The lowest BCUT2D eigenvalue weighted by atomic mass is 10.2. The van der Waals surface area contributed by atoms with Crippen LogP contribution in [0.5, 0.6) is 0 Å². The molecule has 21 heavy (non-hydrogen) atoms. The molecular formula is C15H12Br2N4. The summed E-state index contributed by atoms with van der Waals surface area (Å²) in [4.78, 5) is 0. The lowest BCUT2D eigenvalue weighted by Crippen LogP contribution is -2.00. The van der Waals surface area contributed by atoms with Gasteiger partial charge in [0.15, 0.2) is 0 Å². The fourth-order valence-corrected chi connectivity index (χ4v) is 2.64. The van der Waals surface area contributed by atoms with Gasteiger partial charge in [-0.25, -0.2) is 0 Å². The second-order valence-corrected chi connectivity index (χ2v) is 6.23. The lowest BCUT2D eigenvalue weighted by Gasteiger charge is -2.09. The molecule has 0 amide bonds. The summed E-state index contributed by atoms with van der Waals surface area (Å²) in [5.74, 6) is 0. The molecule has 3 aromatic rings. The van der Waals surface area contributed by atoms with Gasteiger partial charge in [0.25, 0.3) is 0 Å². The topological polar surface area (TPSA) is 42.7 Å². The third-order valence-corrected chi connectivity index (χ3v) is 4.92. The van der Waals surface area contributed by atoms with Crippen LogP contribution >= 0.6 is 31.9 Å². The van der Waals surface area contributed by atoms with Gasteiger partial charge in [0.1, 0.15) is 12.7 Å². The number of rotatable bonds is 4. The lowest BCUT2D eigenvalue weighted by molar-refractivity contribution is 1.05. The maximum atomic E-state index is 3.82. The smallest absolute Gasteiger partial charge is 0.123 e. The molecule has 106 valence electrons. The molecule has 4 nitrogen and oxygen atoms in total. The fourth-order valence-electron chi connectivity index (χ4n) is 1.96. The molecule has 0 saturated heterocycles. The standard InChI is InChI=1S/C15H12Br2N4/c16-14-5-4-11(6-15(14)17)8-18-12-2-1-3-13(7-12)21-9-19-20-10-21/h1-7,9-10,18H,8H2. The number of hydrogen-bond donors (Lipinski definition) is 1. The van der Waals surface area contributed by atoms with E-state index in [1.165, 1.54) is 5.56 Å². The minimum Gasteiger partial charge on any atom is -0.381 e. The van der Waals surface area contributed by atoms with E-state index in [9.17, 15) is 0 Å². The van der Waals surface area contributed by atoms with Gasteiger partial charge in [-0.3, -0.25) is 4.57 Å². The van der Waals surface area contributed by atoms with E-state index in [0.29, 0.717) is 0 Å². The van der Waals surface area contributed by atoms with Crippen LogP contribution in [0.2, 0.25) is 0 Å². The molecule has 1 N–H and O–H groups in total. The van der Waals surface area contributed by atoms with E-state index in [0.717, 1.165) is 26.9 Å². The van der Waals surface area contributed by atoms with Crippen molar-refractivity contribution >= 4 is 37.5 Å². The number of anilines is 1. The van der Waals surface area contributed by atoms with Crippen molar-refractivity contribution < 1.29 is 0 Å². The number of nitrogens with zero attached hydrogens (tertiary/aromatic N) is 3. The number of aromatic nitrogens is 3. The first-order chi connectivity index (χ1) is 10.2. The maximum absolute atomic E-state index is 3.82. The maximum Gasteiger partial charge on any atom is 0.123 e. The summed E-state index contributed by atoms with van der Waals surface area (Å²) in [6.07, 6.45) is 3.37. The van der Waals surface area contributed by atoms with E-state index in [4.69, 9.17) is 0 Å². The molecule has 3 rings (SSSR count). The molecule has 0 atom stereocenters. The third kappa shape index (κ3) is 3.51. The molecule has 0 radical (unpaired) electrons. The second kappa shape index (κ2) is 6.41. The molecule has 0 spiro atoms. The zero-order valence-electron chi connectivity index (χ0n) is 11.0. The van der Waals surface area contributed by atoms with Crippen LogP contribution in [0.3, 0.4) is 0 Å². The van der Waals surface area contributed by atoms with Crippen molar-refractivity contribution in [2.24, 2.45) is 0 Å². The van der Waals surface area contributed by atoms with Gasteiger partial charge >= 0.3 is 0 Å². The Morgan fingerprint density at radius 3 is 2.52 bits per heavy atom. The molecular weight excluding hydrogens is 396 g/mol. The van der Waals surface area contributed by atoms with Gasteiger partial charge in [0, 0.05) is 21.2 Å². The molecule has 0 bridgehead atoms. The van der Waals surface area contributed by atoms with Crippen molar-refractivity contribution in [2.75, 3.05) is 5.32 Å². The predicted octanol–water partition coefficient (Wildman–Crippen LogP) is 4.40. The summed E-state index contributed by atoms with van der Waals surface area (Å²) in [6.45, 7) is 0.761. The fraction of sp³-hybridized carbons (Fsp3) is 0.0667. The van der Waals surface area contributed by atoms with Crippen molar-refractivity contribution in [2.45, 2.75) is 6.54 Å². The summed E-state index contributed by atoms with van der Waals surface area (Å²) in [6, 6.07) is 14.4. The SMILES string of the molecule is Brc1ccc(CNc2cccc(-n3cnnc3)c2)cc1Br. The van der Waals surface area contributed by atoms with E-state index in [2.05, 4.69) is 65.6 Å². The first-order valence-corrected chi connectivity index (χ1v) is 7.94. The largest absolute Gasteiger partial charge is 0.381 e. The van der Waals surface area contributed by atoms with Gasteiger partial charge in [0.2, 0.25) is 0 Å². The van der Waals surface area contributed by atoms with Crippen molar-refractivity contribution in [3.63, 3.8) is 0 Å². The normalized spacial score (nSPS) is 10.6. The van der Waals surface area contributed by atoms with Gasteiger partial charge in [-0.05, 0) is 67.8 Å². The minimum absolute atomic E-state index is 0.761. The summed E-state index contributed by atoms with van der Waals surface area (Å²) in [5.41, 5.74) is 3.29. The molecule has 0 aliphatic heterocycles. The molecule has 0 aliphatic carbocycles. The minimum atomic E-state index is 0.761. The van der Waals surface area contributed by atoms with Gasteiger partial charge in [-0.1, -0.05) is 12.1 Å². The van der Waals surface area contributed by atoms with Crippen molar-refractivity contribution in [3.05, 3.63) is 69.6 Å².